The molecule has 8 nitrogen and oxygen atoms in total. The molecular weight excluding hydrogens is 410 g/mol. The number of aromatic nitrogens is 3. The molecule has 1 unspecified atom stereocenters. The lowest BCUT2D eigenvalue weighted by molar-refractivity contribution is -0.138. The van der Waals surface area contributed by atoms with Gasteiger partial charge in [0.15, 0.2) is 5.82 Å². The highest BCUT2D eigenvalue weighted by Crippen LogP contribution is 2.29. The van der Waals surface area contributed by atoms with Gasteiger partial charge in [-0.15, -0.1) is 0 Å². The zero-order valence-electron chi connectivity index (χ0n) is 16.1. The van der Waals surface area contributed by atoms with Crippen LogP contribution < -0.4 is 15.2 Å². The van der Waals surface area contributed by atoms with Gasteiger partial charge in [0.05, 0.1) is 18.4 Å². The summed E-state index contributed by atoms with van der Waals surface area (Å²) in [6.07, 6.45) is -2.72. The first-order chi connectivity index (χ1) is 14.1. The molecule has 1 atom stereocenters. The molecule has 30 heavy (non-hydrogen) atoms. The van der Waals surface area contributed by atoms with Crippen LogP contribution in [0.2, 0.25) is 0 Å². The van der Waals surface area contributed by atoms with E-state index in [2.05, 4.69) is 9.97 Å². The molecule has 0 radical (unpaired) electrons. The van der Waals surface area contributed by atoms with E-state index in [1.54, 1.807) is 4.90 Å². The van der Waals surface area contributed by atoms with Crippen molar-refractivity contribution in [3.8, 4) is 5.75 Å². The summed E-state index contributed by atoms with van der Waals surface area (Å²) in [4.78, 5) is 37.0. The van der Waals surface area contributed by atoms with Crippen LogP contribution in [0.15, 0.2) is 29.5 Å². The highest BCUT2D eigenvalue weighted by molar-refractivity contribution is 5.71. The average Bonchev–Trinajstić information content (AvgIpc) is 2.68. The molecule has 1 fully saturated rings. The zero-order valence-corrected chi connectivity index (χ0v) is 16.1. The van der Waals surface area contributed by atoms with E-state index in [1.165, 1.54) is 4.90 Å². The normalized spacial score (nSPS) is 17.4. The number of aromatic amines is 1. The predicted molar refractivity (Wildman–Crippen MR) is 97.6 cm³/mol. The van der Waals surface area contributed by atoms with Crippen molar-refractivity contribution < 1.29 is 27.1 Å². The van der Waals surface area contributed by atoms with Crippen LogP contribution in [0, 0.1) is 11.7 Å². The Morgan fingerprint density at radius 1 is 1.27 bits per heavy atom. The standard InChI is InChI=1S/C18H19F4N5O3/c1-10(2)14-9-26(16-24-6-11(19)7-25-16)3-4-27(14)17(29)30-12-5-13(18(20,21)22)15(28)23-8-12/h5-8,10,14H,3-4,9H2,1-2H3,(H,23,28). The Kier molecular flexibility index (Phi) is 5.94. The zero-order chi connectivity index (χ0) is 22.1. The Morgan fingerprint density at radius 3 is 2.53 bits per heavy atom. The van der Waals surface area contributed by atoms with Crippen LogP contribution in [0.25, 0.3) is 0 Å². The fourth-order valence-corrected chi connectivity index (χ4v) is 3.15. The summed E-state index contributed by atoms with van der Waals surface area (Å²) < 4.78 is 56.9. The van der Waals surface area contributed by atoms with Crippen molar-refractivity contribution in [2.45, 2.75) is 26.1 Å². The van der Waals surface area contributed by atoms with Gasteiger partial charge in [-0.25, -0.2) is 19.2 Å². The number of carbonyl (C=O) groups is 1. The number of halogens is 4. The topological polar surface area (TPSA) is 91.4 Å². The smallest absolute Gasteiger partial charge is 0.409 e. The number of nitrogens with one attached hydrogen (secondary N) is 1. The molecule has 1 aliphatic rings. The maximum atomic E-state index is 13.1. The molecular formula is C18H19F4N5O3. The molecule has 0 saturated carbocycles. The lowest BCUT2D eigenvalue weighted by Crippen LogP contribution is -2.58. The van der Waals surface area contributed by atoms with Crippen molar-refractivity contribution in [1.29, 1.82) is 0 Å². The molecule has 162 valence electrons. The number of alkyl halides is 3. The molecule has 12 heteroatoms. The molecule has 3 heterocycles. The number of nitrogens with zero attached hydrogens (tertiary/aromatic N) is 4. The minimum atomic E-state index is -4.88. The Morgan fingerprint density at radius 2 is 1.93 bits per heavy atom. The Hall–Kier alpha value is -3.18. The van der Waals surface area contributed by atoms with Crippen LogP contribution in [-0.4, -0.2) is 51.6 Å². The van der Waals surface area contributed by atoms with Crippen LogP contribution in [0.1, 0.15) is 19.4 Å². The van der Waals surface area contributed by atoms with Gasteiger partial charge in [-0.2, -0.15) is 13.2 Å². The number of hydrogen-bond acceptors (Lipinski definition) is 6. The molecule has 0 bridgehead atoms. The van der Waals surface area contributed by atoms with Gasteiger partial charge in [0.1, 0.15) is 11.3 Å². The molecule has 0 aromatic carbocycles. The summed E-state index contributed by atoms with van der Waals surface area (Å²) in [6, 6.07) is 0.133. The van der Waals surface area contributed by atoms with E-state index in [1.807, 2.05) is 18.8 Å². The first-order valence-corrected chi connectivity index (χ1v) is 9.07. The lowest BCUT2D eigenvalue weighted by Gasteiger charge is -2.42. The van der Waals surface area contributed by atoms with Crippen molar-refractivity contribution in [3.63, 3.8) is 0 Å². The molecule has 1 saturated heterocycles. The highest BCUT2D eigenvalue weighted by Gasteiger charge is 2.36. The molecule has 2 aromatic heterocycles. The Labute approximate surface area is 168 Å². The number of carbonyl (C=O) groups excluding carboxylic acids is 1. The second-order valence-corrected chi connectivity index (χ2v) is 7.10. The Bertz CT molecular complexity index is 962. The van der Waals surface area contributed by atoms with Gasteiger partial charge in [0.25, 0.3) is 5.56 Å². The fourth-order valence-electron chi connectivity index (χ4n) is 3.15. The summed E-state index contributed by atoms with van der Waals surface area (Å²) in [6.45, 7) is 4.60. The second kappa shape index (κ2) is 8.28. The predicted octanol–water partition coefficient (Wildman–Crippen LogP) is 2.67. The van der Waals surface area contributed by atoms with Crippen molar-refractivity contribution in [1.82, 2.24) is 19.9 Å². The Balaban J connectivity index is 1.76. The number of anilines is 1. The van der Waals surface area contributed by atoms with E-state index in [0.717, 1.165) is 18.6 Å². The second-order valence-electron chi connectivity index (χ2n) is 7.10. The number of piperazine rings is 1. The van der Waals surface area contributed by atoms with E-state index in [4.69, 9.17) is 4.74 Å². The van der Waals surface area contributed by atoms with Gasteiger partial charge in [-0.05, 0) is 5.92 Å². The van der Waals surface area contributed by atoms with E-state index < -0.39 is 35.0 Å². The molecule has 1 N–H and O–H groups in total. The van der Waals surface area contributed by atoms with Gasteiger partial charge in [-0.1, -0.05) is 13.8 Å². The third-order valence-electron chi connectivity index (χ3n) is 4.70. The van der Waals surface area contributed by atoms with E-state index >= 15 is 0 Å². The summed E-state index contributed by atoms with van der Waals surface area (Å²) in [5.74, 6) is -0.702. The summed E-state index contributed by atoms with van der Waals surface area (Å²) >= 11 is 0. The molecule has 1 amide bonds. The maximum absolute atomic E-state index is 13.1. The average molecular weight is 429 g/mol. The van der Waals surface area contributed by atoms with Crippen molar-refractivity contribution in [2.75, 3.05) is 24.5 Å². The number of amides is 1. The fraction of sp³-hybridized carbons (Fsp3) is 0.444. The van der Waals surface area contributed by atoms with Crippen LogP contribution in [0.4, 0.5) is 28.3 Å². The number of H-pyrrole nitrogens is 1. The van der Waals surface area contributed by atoms with E-state index in [0.29, 0.717) is 25.1 Å². The highest BCUT2D eigenvalue weighted by atomic mass is 19.4. The van der Waals surface area contributed by atoms with Gasteiger partial charge < -0.3 is 19.5 Å². The third-order valence-corrected chi connectivity index (χ3v) is 4.70. The van der Waals surface area contributed by atoms with Crippen molar-refractivity contribution in [3.05, 3.63) is 46.4 Å². The first kappa shape index (κ1) is 21.5. The van der Waals surface area contributed by atoms with E-state index in [9.17, 15) is 27.2 Å². The SMILES string of the molecule is CC(C)C1CN(c2ncc(F)cn2)CCN1C(=O)Oc1c[nH]c(=O)c(C(F)(F)F)c1. The lowest BCUT2D eigenvalue weighted by atomic mass is 10.0. The van der Waals surface area contributed by atoms with Gasteiger partial charge >= 0.3 is 12.3 Å². The van der Waals surface area contributed by atoms with Gasteiger partial charge in [0.2, 0.25) is 5.95 Å². The minimum absolute atomic E-state index is 0.0258. The third kappa shape index (κ3) is 4.69. The molecule has 3 rings (SSSR count). The molecule has 0 spiro atoms. The van der Waals surface area contributed by atoms with Crippen LogP contribution >= 0.6 is 0 Å². The number of ether oxygens (including phenoxy) is 1. The van der Waals surface area contributed by atoms with Gasteiger partial charge in [-0.3, -0.25) is 4.79 Å². The van der Waals surface area contributed by atoms with Crippen LogP contribution in [0.5, 0.6) is 5.75 Å². The molecule has 1 aliphatic heterocycles. The summed E-state index contributed by atoms with van der Waals surface area (Å²) in [7, 11) is 0. The monoisotopic (exact) mass is 429 g/mol. The summed E-state index contributed by atoms with van der Waals surface area (Å²) in [5.41, 5.74) is -2.78. The van der Waals surface area contributed by atoms with Crippen LogP contribution in [-0.2, 0) is 6.18 Å². The minimum Gasteiger partial charge on any atom is -0.409 e. The number of pyridine rings is 1. The number of rotatable bonds is 3. The summed E-state index contributed by atoms with van der Waals surface area (Å²) in [5, 5.41) is 0. The van der Waals surface area contributed by atoms with Gasteiger partial charge in [0, 0.05) is 31.9 Å². The molecule has 0 aliphatic carbocycles. The van der Waals surface area contributed by atoms with E-state index in [-0.39, 0.29) is 18.5 Å². The molecule has 2 aromatic rings. The quantitative estimate of drug-likeness (QED) is 0.755. The largest absolute Gasteiger partial charge is 0.421 e. The van der Waals surface area contributed by atoms with Crippen molar-refractivity contribution >= 4 is 12.0 Å². The van der Waals surface area contributed by atoms with Crippen molar-refractivity contribution in [2.24, 2.45) is 5.92 Å². The maximum Gasteiger partial charge on any atom is 0.421 e. The van der Waals surface area contributed by atoms with Crippen LogP contribution in [0.3, 0.4) is 0 Å². The first-order valence-electron chi connectivity index (χ1n) is 9.07. The number of hydrogen-bond donors (Lipinski definition) is 1.